The van der Waals surface area contributed by atoms with Gasteiger partial charge in [0.2, 0.25) is 0 Å². The number of hydrogen-bond donors (Lipinski definition) is 0. The summed E-state index contributed by atoms with van der Waals surface area (Å²) in [5, 5.41) is 0. The third kappa shape index (κ3) is 4.94. The molecular weight excluding hydrogens is 336 g/mol. The molecule has 6 heteroatoms. The molecule has 1 aromatic carbocycles. The summed E-state index contributed by atoms with van der Waals surface area (Å²) in [4.78, 5) is 36.7. The minimum atomic E-state index is -1.05. The van der Waals surface area contributed by atoms with E-state index >= 15 is 0 Å². The van der Waals surface area contributed by atoms with Crippen LogP contribution in [-0.4, -0.2) is 37.7 Å². The number of carbonyl (C=O) groups excluding carboxylic acids is 3. The Kier molecular flexibility index (Phi) is 7.38. The molecule has 140 valence electrons. The molecule has 0 saturated carbocycles. The van der Waals surface area contributed by atoms with Crippen molar-refractivity contribution in [2.75, 3.05) is 19.8 Å². The molecule has 0 N–H and O–H groups in total. The third-order valence-electron chi connectivity index (χ3n) is 4.25. The molecule has 0 fully saturated rings. The molecule has 1 aliphatic carbocycles. The van der Waals surface area contributed by atoms with Crippen LogP contribution in [0.15, 0.2) is 42.5 Å². The average molecular weight is 360 g/mol. The monoisotopic (exact) mass is 360 g/mol. The first kappa shape index (κ1) is 19.7. The van der Waals surface area contributed by atoms with Crippen LogP contribution < -0.4 is 0 Å². The number of carbonyl (C=O) groups is 3. The van der Waals surface area contributed by atoms with E-state index in [1.165, 1.54) is 0 Å². The second-order valence-electron chi connectivity index (χ2n) is 5.95. The average Bonchev–Trinajstić information content (AvgIpc) is 3.09. The Morgan fingerprint density at radius 1 is 1.00 bits per heavy atom. The highest BCUT2D eigenvalue weighted by atomic mass is 16.6. The van der Waals surface area contributed by atoms with Gasteiger partial charge < -0.3 is 14.2 Å². The van der Waals surface area contributed by atoms with Crippen molar-refractivity contribution in [2.24, 2.45) is 17.8 Å². The lowest BCUT2D eigenvalue weighted by Gasteiger charge is -2.25. The van der Waals surface area contributed by atoms with Gasteiger partial charge in [-0.15, -0.1) is 0 Å². The van der Waals surface area contributed by atoms with Crippen LogP contribution in [-0.2, 0) is 23.8 Å². The molecule has 0 saturated heterocycles. The number of esters is 3. The smallest absolute Gasteiger partial charge is 0.338 e. The number of hydrogen-bond acceptors (Lipinski definition) is 6. The first-order valence-corrected chi connectivity index (χ1v) is 8.80. The summed E-state index contributed by atoms with van der Waals surface area (Å²) < 4.78 is 15.5. The molecule has 0 unspecified atom stereocenters. The van der Waals surface area contributed by atoms with Crippen LogP contribution in [0.2, 0.25) is 0 Å². The Bertz CT molecular complexity index is 634. The van der Waals surface area contributed by atoms with E-state index in [9.17, 15) is 14.4 Å². The molecule has 0 aliphatic heterocycles. The van der Waals surface area contributed by atoms with E-state index in [0.29, 0.717) is 12.0 Å². The van der Waals surface area contributed by atoms with Gasteiger partial charge in [0, 0.05) is 11.8 Å². The fourth-order valence-corrected chi connectivity index (χ4v) is 3.00. The fourth-order valence-electron chi connectivity index (χ4n) is 3.00. The fraction of sp³-hybridized carbons (Fsp3) is 0.450. The van der Waals surface area contributed by atoms with Crippen molar-refractivity contribution in [1.82, 2.24) is 0 Å². The van der Waals surface area contributed by atoms with E-state index in [1.807, 2.05) is 12.1 Å². The molecule has 0 bridgehead atoms. The van der Waals surface area contributed by atoms with Gasteiger partial charge in [-0.1, -0.05) is 30.4 Å². The minimum Gasteiger partial charge on any atom is -0.465 e. The predicted octanol–water partition coefficient (Wildman–Crippen LogP) is 2.78. The second kappa shape index (κ2) is 9.75. The van der Waals surface area contributed by atoms with E-state index in [4.69, 9.17) is 14.2 Å². The van der Waals surface area contributed by atoms with Crippen LogP contribution >= 0.6 is 0 Å². The highest BCUT2D eigenvalue weighted by Crippen LogP contribution is 2.33. The summed E-state index contributed by atoms with van der Waals surface area (Å²) in [5.41, 5.74) is 0.461. The Balaban J connectivity index is 2.05. The third-order valence-corrected chi connectivity index (χ3v) is 4.25. The summed E-state index contributed by atoms with van der Waals surface area (Å²) in [6.07, 6.45) is 4.30. The number of ether oxygens (including phenoxy) is 3. The van der Waals surface area contributed by atoms with Crippen molar-refractivity contribution < 1.29 is 28.6 Å². The van der Waals surface area contributed by atoms with E-state index < -0.39 is 29.7 Å². The van der Waals surface area contributed by atoms with Crippen LogP contribution in [0.1, 0.15) is 30.6 Å². The lowest BCUT2D eigenvalue weighted by Crippen LogP contribution is -2.37. The van der Waals surface area contributed by atoms with E-state index in [0.717, 1.165) is 0 Å². The maximum Gasteiger partial charge on any atom is 0.338 e. The van der Waals surface area contributed by atoms with Gasteiger partial charge in [0.25, 0.3) is 0 Å². The van der Waals surface area contributed by atoms with Crippen LogP contribution in [0, 0.1) is 17.8 Å². The molecule has 2 atom stereocenters. The number of benzene rings is 1. The van der Waals surface area contributed by atoms with Gasteiger partial charge in [-0.25, -0.2) is 4.79 Å². The van der Waals surface area contributed by atoms with Crippen molar-refractivity contribution in [1.29, 1.82) is 0 Å². The largest absolute Gasteiger partial charge is 0.465 e. The summed E-state index contributed by atoms with van der Waals surface area (Å²) >= 11 is 0. The Labute approximate surface area is 153 Å². The summed E-state index contributed by atoms with van der Waals surface area (Å²) in [6, 6.07) is 8.68. The molecule has 1 aromatic rings. The molecule has 6 nitrogen and oxygen atoms in total. The van der Waals surface area contributed by atoms with Crippen LogP contribution in [0.4, 0.5) is 0 Å². The zero-order valence-corrected chi connectivity index (χ0v) is 15.1. The highest BCUT2D eigenvalue weighted by molar-refractivity contribution is 5.95. The van der Waals surface area contributed by atoms with Gasteiger partial charge in [0.05, 0.1) is 25.4 Å². The first-order chi connectivity index (χ1) is 12.6. The molecule has 0 spiro atoms. The van der Waals surface area contributed by atoms with Crippen LogP contribution in [0.25, 0.3) is 0 Å². The lowest BCUT2D eigenvalue weighted by atomic mass is 9.84. The van der Waals surface area contributed by atoms with Gasteiger partial charge in [-0.2, -0.15) is 0 Å². The zero-order valence-electron chi connectivity index (χ0n) is 15.1. The zero-order chi connectivity index (χ0) is 18.9. The summed E-state index contributed by atoms with van der Waals surface area (Å²) in [5.74, 6) is -3.30. The maximum atomic E-state index is 12.3. The summed E-state index contributed by atoms with van der Waals surface area (Å²) in [6.45, 7) is 3.84. The molecule has 0 radical (unpaired) electrons. The van der Waals surface area contributed by atoms with Crippen molar-refractivity contribution in [3.63, 3.8) is 0 Å². The van der Waals surface area contributed by atoms with Gasteiger partial charge in [-0.05, 0) is 32.4 Å². The molecule has 0 heterocycles. The SMILES string of the molecule is CCOC(=O)C(C(=O)OCC)[C@H]1C=CC[C@@H]1COC(=O)c1ccccc1. The van der Waals surface area contributed by atoms with Crippen molar-refractivity contribution in [3.05, 3.63) is 48.0 Å². The molecule has 0 amide bonds. The van der Waals surface area contributed by atoms with Crippen molar-refractivity contribution in [2.45, 2.75) is 20.3 Å². The van der Waals surface area contributed by atoms with Crippen LogP contribution in [0.3, 0.4) is 0 Å². The van der Waals surface area contributed by atoms with E-state index in [2.05, 4.69) is 0 Å². The van der Waals surface area contributed by atoms with Gasteiger partial charge >= 0.3 is 17.9 Å². The topological polar surface area (TPSA) is 78.9 Å². The Hall–Kier alpha value is -2.63. The predicted molar refractivity (Wildman–Crippen MR) is 94.2 cm³/mol. The summed E-state index contributed by atoms with van der Waals surface area (Å²) in [7, 11) is 0. The maximum absolute atomic E-state index is 12.3. The van der Waals surface area contributed by atoms with Crippen LogP contribution in [0.5, 0.6) is 0 Å². The van der Waals surface area contributed by atoms with Gasteiger partial charge in [0.15, 0.2) is 5.92 Å². The first-order valence-electron chi connectivity index (χ1n) is 8.80. The van der Waals surface area contributed by atoms with Crippen molar-refractivity contribution in [3.8, 4) is 0 Å². The van der Waals surface area contributed by atoms with E-state index in [-0.39, 0.29) is 25.7 Å². The van der Waals surface area contributed by atoms with Crippen molar-refractivity contribution >= 4 is 17.9 Å². The highest BCUT2D eigenvalue weighted by Gasteiger charge is 2.42. The molecule has 0 aromatic heterocycles. The molecular formula is C20H24O6. The quantitative estimate of drug-likeness (QED) is 0.307. The van der Waals surface area contributed by atoms with Gasteiger partial charge in [0.1, 0.15) is 0 Å². The minimum absolute atomic E-state index is 0.112. The number of allylic oxidation sites excluding steroid dienone is 2. The molecule has 1 aliphatic rings. The van der Waals surface area contributed by atoms with Gasteiger partial charge in [-0.3, -0.25) is 9.59 Å². The van der Waals surface area contributed by atoms with E-state index in [1.54, 1.807) is 44.2 Å². The Morgan fingerprint density at radius 3 is 2.19 bits per heavy atom. The standard InChI is InChI=1S/C20H24O6/c1-3-24-19(22)17(20(23)25-4-2)16-12-8-11-15(16)13-26-18(21)14-9-6-5-7-10-14/h5-10,12,15-17H,3-4,11,13H2,1-2H3/t15-,16+/m1/s1. The molecule has 2 rings (SSSR count). The second-order valence-corrected chi connectivity index (χ2v) is 5.95. The number of rotatable bonds is 8. The lowest BCUT2D eigenvalue weighted by molar-refractivity contribution is -0.164. The normalized spacial score (nSPS) is 18.6. The Morgan fingerprint density at radius 2 is 1.62 bits per heavy atom. The molecule has 26 heavy (non-hydrogen) atoms.